The number of benzene rings is 1. The van der Waals surface area contributed by atoms with Gasteiger partial charge in [-0.1, -0.05) is 6.07 Å². The molecule has 0 aromatic heterocycles. The number of unbranched alkanes of at least 4 members (excludes halogenated alkanes) is 1. The molecule has 0 aliphatic heterocycles. The molecule has 0 aliphatic rings. The maximum atomic E-state index is 11.7. The lowest BCUT2D eigenvalue weighted by Crippen LogP contribution is -2.14. The van der Waals surface area contributed by atoms with E-state index < -0.39 is 5.97 Å². The van der Waals surface area contributed by atoms with E-state index in [1.807, 2.05) is 32.0 Å². The van der Waals surface area contributed by atoms with Crippen molar-refractivity contribution >= 4 is 29.3 Å². The minimum absolute atomic E-state index is 0.0171. The number of anilines is 1. The highest BCUT2D eigenvalue weighted by Crippen LogP contribution is 2.15. The zero-order valence-electron chi connectivity index (χ0n) is 11.9. The van der Waals surface area contributed by atoms with Crippen molar-refractivity contribution in [2.24, 2.45) is 0 Å². The second-order valence-electron chi connectivity index (χ2n) is 4.75. The molecule has 0 saturated heterocycles. The van der Waals surface area contributed by atoms with Crippen LogP contribution in [0.15, 0.2) is 18.2 Å². The standard InChI is InChI=1S/C15H21NO3S/c1-11-6-7-13(9-12(11)2)16-14(17)10-20-8-4-3-5-15(18)19/h6-7,9H,3-5,8,10H2,1-2H3,(H,16,17)(H,18,19). The Bertz CT molecular complexity index is 474. The quantitative estimate of drug-likeness (QED) is 0.723. The Morgan fingerprint density at radius 2 is 1.95 bits per heavy atom. The van der Waals surface area contributed by atoms with E-state index in [4.69, 9.17) is 5.11 Å². The molecular weight excluding hydrogens is 274 g/mol. The second-order valence-corrected chi connectivity index (χ2v) is 5.86. The van der Waals surface area contributed by atoms with Gasteiger partial charge in [-0.25, -0.2) is 0 Å². The number of carboxylic acid groups (broad SMARTS) is 1. The summed E-state index contributed by atoms with van der Waals surface area (Å²) in [6.07, 6.45) is 1.70. The van der Waals surface area contributed by atoms with Gasteiger partial charge in [0.15, 0.2) is 0 Å². The van der Waals surface area contributed by atoms with Gasteiger partial charge >= 0.3 is 5.97 Å². The summed E-state index contributed by atoms with van der Waals surface area (Å²) in [5, 5.41) is 11.4. The molecule has 5 heteroatoms. The fraction of sp³-hybridized carbons (Fsp3) is 0.467. The third-order valence-electron chi connectivity index (χ3n) is 2.95. The van der Waals surface area contributed by atoms with E-state index >= 15 is 0 Å². The van der Waals surface area contributed by atoms with Crippen LogP contribution in [-0.4, -0.2) is 28.5 Å². The maximum absolute atomic E-state index is 11.7. The molecule has 0 bridgehead atoms. The summed E-state index contributed by atoms with van der Waals surface area (Å²) in [5.74, 6) is 0.437. The summed E-state index contributed by atoms with van der Waals surface area (Å²) < 4.78 is 0. The lowest BCUT2D eigenvalue weighted by molar-refractivity contribution is -0.137. The van der Waals surface area contributed by atoms with Crippen molar-refractivity contribution < 1.29 is 14.7 Å². The van der Waals surface area contributed by atoms with Gasteiger partial charge in [-0.05, 0) is 55.7 Å². The highest BCUT2D eigenvalue weighted by molar-refractivity contribution is 7.99. The van der Waals surface area contributed by atoms with Crippen LogP contribution < -0.4 is 5.32 Å². The lowest BCUT2D eigenvalue weighted by atomic mass is 10.1. The van der Waals surface area contributed by atoms with Crippen LogP contribution in [0, 0.1) is 13.8 Å². The molecule has 1 aromatic carbocycles. The van der Waals surface area contributed by atoms with Crippen molar-refractivity contribution in [1.29, 1.82) is 0 Å². The van der Waals surface area contributed by atoms with Crippen molar-refractivity contribution in [3.63, 3.8) is 0 Å². The van der Waals surface area contributed by atoms with E-state index in [9.17, 15) is 9.59 Å². The highest BCUT2D eigenvalue weighted by atomic mass is 32.2. The average Bonchev–Trinajstić information content (AvgIpc) is 2.38. The SMILES string of the molecule is Cc1ccc(NC(=O)CSCCCCC(=O)O)cc1C. The van der Waals surface area contributed by atoms with E-state index in [1.165, 1.54) is 17.3 Å². The van der Waals surface area contributed by atoms with Gasteiger partial charge < -0.3 is 10.4 Å². The molecule has 0 unspecified atom stereocenters. The van der Waals surface area contributed by atoms with Gasteiger partial charge in [-0.15, -0.1) is 0 Å². The molecule has 1 amide bonds. The Balaban J connectivity index is 2.20. The topological polar surface area (TPSA) is 66.4 Å². The van der Waals surface area contributed by atoms with E-state index in [0.29, 0.717) is 12.2 Å². The number of carboxylic acids is 1. The number of aryl methyl sites for hydroxylation is 2. The first-order chi connectivity index (χ1) is 9.49. The molecule has 2 N–H and O–H groups in total. The summed E-state index contributed by atoms with van der Waals surface area (Å²) in [4.78, 5) is 22.0. The zero-order valence-corrected chi connectivity index (χ0v) is 12.8. The molecule has 0 fully saturated rings. The van der Waals surface area contributed by atoms with Crippen molar-refractivity contribution in [3.05, 3.63) is 29.3 Å². The minimum Gasteiger partial charge on any atom is -0.481 e. The first-order valence-corrected chi connectivity index (χ1v) is 7.81. The largest absolute Gasteiger partial charge is 0.481 e. The maximum Gasteiger partial charge on any atom is 0.303 e. The third-order valence-corrected chi connectivity index (χ3v) is 4.00. The molecule has 0 spiro atoms. The molecule has 0 heterocycles. The summed E-state index contributed by atoms with van der Waals surface area (Å²) in [7, 11) is 0. The van der Waals surface area contributed by atoms with Gasteiger partial charge in [-0.2, -0.15) is 11.8 Å². The molecule has 1 rings (SSSR count). The third kappa shape index (κ3) is 6.61. The Morgan fingerprint density at radius 1 is 1.20 bits per heavy atom. The number of amides is 1. The Kier molecular flexibility index (Phi) is 7.15. The van der Waals surface area contributed by atoms with Gasteiger partial charge in [0.1, 0.15) is 0 Å². The zero-order chi connectivity index (χ0) is 15.0. The molecular formula is C15H21NO3S. The molecule has 0 saturated carbocycles. The van der Waals surface area contributed by atoms with E-state index in [2.05, 4.69) is 5.32 Å². The molecule has 110 valence electrons. The first-order valence-electron chi connectivity index (χ1n) is 6.65. The van der Waals surface area contributed by atoms with Crippen LogP contribution in [0.5, 0.6) is 0 Å². The van der Waals surface area contributed by atoms with Crippen molar-refractivity contribution in [2.75, 3.05) is 16.8 Å². The number of carbonyl (C=O) groups is 2. The molecule has 20 heavy (non-hydrogen) atoms. The Labute approximate surface area is 124 Å². The fourth-order valence-corrected chi connectivity index (χ4v) is 2.47. The monoisotopic (exact) mass is 295 g/mol. The van der Waals surface area contributed by atoms with Gasteiger partial charge in [0.25, 0.3) is 0 Å². The molecule has 0 radical (unpaired) electrons. The van der Waals surface area contributed by atoms with Crippen LogP contribution >= 0.6 is 11.8 Å². The molecule has 0 atom stereocenters. The fourth-order valence-electron chi connectivity index (χ4n) is 1.66. The number of hydrogen-bond donors (Lipinski definition) is 2. The van der Waals surface area contributed by atoms with Gasteiger partial charge in [0, 0.05) is 12.1 Å². The van der Waals surface area contributed by atoms with Crippen LogP contribution in [-0.2, 0) is 9.59 Å². The van der Waals surface area contributed by atoms with Crippen LogP contribution in [0.3, 0.4) is 0 Å². The average molecular weight is 295 g/mol. The first kappa shape index (κ1) is 16.6. The van der Waals surface area contributed by atoms with E-state index in [-0.39, 0.29) is 12.3 Å². The normalized spacial score (nSPS) is 10.3. The number of aliphatic carboxylic acids is 1. The van der Waals surface area contributed by atoms with E-state index in [0.717, 1.165) is 23.4 Å². The lowest BCUT2D eigenvalue weighted by Gasteiger charge is -2.07. The highest BCUT2D eigenvalue weighted by Gasteiger charge is 2.04. The van der Waals surface area contributed by atoms with Crippen molar-refractivity contribution in [3.8, 4) is 0 Å². The minimum atomic E-state index is -0.762. The summed E-state index contributed by atoms with van der Waals surface area (Å²) in [5.41, 5.74) is 3.18. The Hall–Kier alpha value is -1.49. The Morgan fingerprint density at radius 3 is 2.60 bits per heavy atom. The van der Waals surface area contributed by atoms with Gasteiger partial charge in [0.05, 0.1) is 5.75 Å². The molecule has 0 aliphatic carbocycles. The van der Waals surface area contributed by atoms with Crippen molar-refractivity contribution in [2.45, 2.75) is 33.1 Å². The van der Waals surface area contributed by atoms with Crippen LogP contribution in [0.25, 0.3) is 0 Å². The predicted octanol–water partition coefficient (Wildman–Crippen LogP) is 3.23. The number of hydrogen-bond acceptors (Lipinski definition) is 3. The smallest absolute Gasteiger partial charge is 0.303 e. The van der Waals surface area contributed by atoms with Gasteiger partial charge in [0.2, 0.25) is 5.91 Å². The summed E-state index contributed by atoms with van der Waals surface area (Å²) >= 11 is 1.53. The van der Waals surface area contributed by atoms with Crippen LogP contribution in [0.1, 0.15) is 30.4 Å². The summed E-state index contributed by atoms with van der Waals surface area (Å²) in [6.45, 7) is 4.05. The predicted molar refractivity (Wildman–Crippen MR) is 83.4 cm³/mol. The van der Waals surface area contributed by atoms with Crippen LogP contribution in [0.4, 0.5) is 5.69 Å². The van der Waals surface area contributed by atoms with E-state index in [1.54, 1.807) is 0 Å². The van der Waals surface area contributed by atoms with Crippen molar-refractivity contribution in [1.82, 2.24) is 0 Å². The number of nitrogens with one attached hydrogen (secondary N) is 1. The number of rotatable bonds is 8. The second kappa shape index (κ2) is 8.64. The number of thioether (sulfide) groups is 1. The van der Waals surface area contributed by atoms with Gasteiger partial charge in [-0.3, -0.25) is 9.59 Å². The number of carbonyl (C=O) groups excluding carboxylic acids is 1. The molecule has 4 nitrogen and oxygen atoms in total. The van der Waals surface area contributed by atoms with Crippen LogP contribution in [0.2, 0.25) is 0 Å². The summed E-state index contributed by atoms with van der Waals surface area (Å²) in [6, 6.07) is 5.85. The molecule has 1 aromatic rings.